The van der Waals surface area contributed by atoms with Crippen molar-refractivity contribution in [3.8, 4) is 0 Å². The molecule has 1 aromatic carbocycles. The van der Waals surface area contributed by atoms with Crippen LogP contribution >= 0.6 is 0 Å². The van der Waals surface area contributed by atoms with E-state index in [1.165, 1.54) is 0 Å². The number of aromatic nitrogens is 2. The fourth-order valence-electron chi connectivity index (χ4n) is 3.25. The van der Waals surface area contributed by atoms with Gasteiger partial charge in [-0.2, -0.15) is 0 Å². The van der Waals surface area contributed by atoms with Gasteiger partial charge in [0, 0.05) is 25.0 Å². The van der Waals surface area contributed by atoms with E-state index in [2.05, 4.69) is 17.2 Å². The molecular weight excluding hydrogens is 316 g/mol. The largest absolute Gasteiger partial charge is 0.336 e. The molecule has 3 rings (SSSR count). The van der Waals surface area contributed by atoms with Gasteiger partial charge in [-0.1, -0.05) is 12.1 Å². The Balaban J connectivity index is 1.75. The molecule has 0 spiro atoms. The van der Waals surface area contributed by atoms with Crippen molar-refractivity contribution >= 4 is 17.5 Å². The van der Waals surface area contributed by atoms with Crippen LogP contribution in [0.3, 0.4) is 0 Å². The van der Waals surface area contributed by atoms with Crippen LogP contribution in [0.2, 0.25) is 0 Å². The van der Waals surface area contributed by atoms with E-state index in [4.69, 9.17) is 0 Å². The monoisotopic (exact) mass is 340 g/mol. The van der Waals surface area contributed by atoms with Crippen LogP contribution in [-0.4, -0.2) is 38.9 Å². The highest BCUT2D eigenvalue weighted by atomic mass is 16.2. The molecule has 1 N–H and O–H groups in total. The van der Waals surface area contributed by atoms with Crippen molar-refractivity contribution in [1.82, 2.24) is 14.5 Å². The molecule has 1 aliphatic rings. The van der Waals surface area contributed by atoms with Crippen molar-refractivity contribution in [3.05, 3.63) is 48.0 Å². The van der Waals surface area contributed by atoms with Crippen LogP contribution < -0.4 is 5.32 Å². The number of carbonyl (C=O) groups is 2. The van der Waals surface area contributed by atoms with Gasteiger partial charge in [0.1, 0.15) is 12.4 Å². The minimum absolute atomic E-state index is 0.0121. The summed E-state index contributed by atoms with van der Waals surface area (Å²) in [5.74, 6) is 0.594. The number of piperidine rings is 1. The van der Waals surface area contributed by atoms with E-state index in [0.717, 1.165) is 31.6 Å². The third-order valence-electron chi connectivity index (χ3n) is 4.73. The Morgan fingerprint density at radius 3 is 2.80 bits per heavy atom. The van der Waals surface area contributed by atoms with E-state index >= 15 is 0 Å². The summed E-state index contributed by atoms with van der Waals surface area (Å²) < 4.78 is 1.77. The van der Waals surface area contributed by atoms with Gasteiger partial charge in [-0.3, -0.25) is 9.59 Å². The lowest BCUT2D eigenvalue weighted by atomic mass is 10.0. The Labute approximate surface area is 147 Å². The summed E-state index contributed by atoms with van der Waals surface area (Å²) in [5.41, 5.74) is 1.11. The van der Waals surface area contributed by atoms with Gasteiger partial charge in [-0.05, 0) is 45.2 Å². The van der Waals surface area contributed by atoms with Crippen LogP contribution in [-0.2, 0) is 11.3 Å². The van der Waals surface area contributed by atoms with E-state index in [9.17, 15) is 9.59 Å². The van der Waals surface area contributed by atoms with E-state index in [1.807, 2.05) is 24.0 Å². The lowest BCUT2D eigenvalue weighted by Crippen LogP contribution is -2.42. The molecule has 6 nitrogen and oxygen atoms in total. The lowest BCUT2D eigenvalue weighted by molar-refractivity contribution is -0.116. The fraction of sp³-hybridized carbons (Fsp3) is 0.421. The van der Waals surface area contributed by atoms with Crippen LogP contribution in [0.15, 0.2) is 36.7 Å². The van der Waals surface area contributed by atoms with Crippen molar-refractivity contribution < 1.29 is 9.59 Å². The number of para-hydroxylation sites is 1. The first-order valence-corrected chi connectivity index (χ1v) is 8.74. The SMILES string of the molecule is Cc1nccn1CC(=O)Nc1ccccc1C(=O)N1CCCCC1C. The molecule has 1 fully saturated rings. The molecule has 2 amide bonds. The summed E-state index contributed by atoms with van der Waals surface area (Å²) in [5, 5.41) is 2.88. The highest BCUT2D eigenvalue weighted by Crippen LogP contribution is 2.23. The number of imidazole rings is 1. The van der Waals surface area contributed by atoms with Crippen LogP contribution in [0, 0.1) is 6.92 Å². The fourth-order valence-corrected chi connectivity index (χ4v) is 3.25. The molecule has 6 heteroatoms. The Morgan fingerprint density at radius 2 is 2.08 bits per heavy atom. The zero-order valence-electron chi connectivity index (χ0n) is 14.7. The molecule has 2 aromatic rings. The van der Waals surface area contributed by atoms with Crippen LogP contribution in [0.25, 0.3) is 0 Å². The van der Waals surface area contributed by atoms with E-state index in [1.54, 1.807) is 29.1 Å². The van der Waals surface area contributed by atoms with Gasteiger partial charge in [-0.15, -0.1) is 0 Å². The third-order valence-corrected chi connectivity index (χ3v) is 4.73. The van der Waals surface area contributed by atoms with Crippen LogP contribution in [0.1, 0.15) is 42.4 Å². The summed E-state index contributed by atoms with van der Waals surface area (Å²) in [6.45, 7) is 4.88. The van der Waals surface area contributed by atoms with Gasteiger partial charge in [0.2, 0.25) is 5.91 Å². The second kappa shape index (κ2) is 7.51. The van der Waals surface area contributed by atoms with E-state index in [0.29, 0.717) is 11.3 Å². The topological polar surface area (TPSA) is 67.2 Å². The van der Waals surface area contributed by atoms with Gasteiger partial charge in [0.25, 0.3) is 5.91 Å². The minimum atomic E-state index is -0.173. The molecule has 1 aromatic heterocycles. The quantitative estimate of drug-likeness (QED) is 0.930. The number of nitrogens with one attached hydrogen (secondary N) is 1. The predicted octanol–water partition coefficient (Wildman–Crippen LogP) is 2.84. The molecule has 1 unspecified atom stereocenters. The maximum Gasteiger partial charge on any atom is 0.256 e. The Hall–Kier alpha value is -2.63. The number of anilines is 1. The van der Waals surface area contributed by atoms with Crippen LogP contribution in [0.5, 0.6) is 0 Å². The first-order valence-electron chi connectivity index (χ1n) is 8.74. The molecular formula is C19H24N4O2. The standard InChI is InChI=1S/C19H24N4O2/c1-14-7-5-6-11-23(14)19(25)16-8-3-4-9-17(16)21-18(24)13-22-12-10-20-15(22)2/h3-4,8-10,12,14H,5-7,11,13H2,1-2H3,(H,21,24). The summed E-state index contributed by atoms with van der Waals surface area (Å²) in [6.07, 6.45) is 6.65. The Morgan fingerprint density at radius 1 is 1.28 bits per heavy atom. The zero-order valence-corrected chi connectivity index (χ0v) is 14.7. The molecule has 0 saturated carbocycles. The van der Waals surface area contributed by atoms with Crippen molar-refractivity contribution in [2.45, 2.75) is 45.7 Å². The number of amides is 2. The number of aryl methyl sites for hydroxylation is 1. The second-order valence-corrected chi connectivity index (χ2v) is 6.54. The highest BCUT2D eigenvalue weighted by molar-refractivity contribution is 6.03. The summed E-state index contributed by atoms with van der Waals surface area (Å²) in [4.78, 5) is 31.3. The first kappa shape index (κ1) is 17.2. The Bertz CT molecular complexity index is 768. The van der Waals surface area contributed by atoms with E-state index < -0.39 is 0 Å². The smallest absolute Gasteiger partial charge is 0.256 e. The molecule has 0 radical (unpaired) electrons. The number of benzene rings is 1. The second-order valence-electron chi connectivity index (χ2n) is 6.54. The molecule has 0 bridgehead atoms. The summed E-state index contributed by atoms with van der Waals surface area (Å²) in [7, 11) is 0. The predicted molar refractivity (Wildman–Crippen MR) is 96.4 cm³/mol. The van der Waals surface area contributed by atoms with Crippen molar-refractivity contribution in [2.24, 2.45) is 0 Å². The lowest BCUT2D eigenvalue weighted by Gasteiger charge is -2.34. The summed E-state index contributed by atoms with van der Waals surface area (Å²) in [6, 6.07) is 7.45. The molecule has 1 atom stereocenters. The Kier molecular flexibility index (Phi) is 5.16. The molecule has 0 aliphatic carbocycles. The first-order chi connectivity index (χ1) is 12.1. The number of hydrogen-bond acceptors (Lipinski definition) is 3. The van der Waals surface area contributed by atoms with Crippen molar-refractivity contribution in [1.29, 1.82) is 0 Å². The van der Waals surface area contributed by atoms with Gasteiger partial charge >= 0.3 is 0 Å². The molecule has 25 heavy (non-hydrogen) atoms. The molecule has 2 heterocycles. The average Bonchev–Trinajstić information content (AvgIpc) is 3.00. The van der Waals surface area contributed by atoms with Crippen molar-refractivity contribution in [3.63, 3.8) is 0 Å². The van der Waals surface area contributed by atoms with Crippen LogP contribution in [0.4, 0.5) is 5.69 Å². The van der Waals surface area contributed by atoms with Gasteiger partial charge in [0.15, 0.2) is 0 Å². The zero-order chi connectivity index (χ0) is 17.8. The minimum Gasteiger partial charge on any atom is -0.336 e. The number of carbonyl (C=O) groups excluding carboxylic acids is 2. The number of hydrogen-bond donors (Lipinski definition) is 1. The number of nitrogens with zero attached hydrogens (tertiary/aromatic N) is 3. The normalized spacial score (nSPS) is 17.4. The summed E-state index contributed by atoms with van der Waals surface area (Å²) >= 11 is 0. The average molecular weight is 340 g/mol. The number of likely N-dealkylation sites (tertiary alicyclic amines) is 1. The molecule has 1 saturated heterocycles. The molecule has 132 valence electrons. The molecule has 1 aliphatic heterocycles. The number of rotatable bonds is 4. The van der Waals surface area contributed by atoms with E-state index in [-0.39, 0.29) is 24.4 Å². The van der Waals surface area contributed by atoms with Gasteiger partial charge in [-0.25, -0.2) is 4.98 Å². The maximum absolute atomic E-state index is 12.9. The highest BCUT2D eigenvalue weighted by Gasteiger charge is 2.26. The van der Waals surface area contributed by atoms with Crippen molar-refractivity contribution in [2.75, 3.05) is 11.9 Å². The third kappa shape index (κ3) is 3.90. The van der Waals surface area contributed by atoms with Gasteiger partial charge in [0.05, 0.1) is 11.3 Å². The maximum atomic E-state index is 12.9. The van der Waals surface area contributed by atoms with Gasteiger partial charge < -0.3 is 14.8 Å².